The van der Waals surface area contributed by atoms with E-state index in [1.54, 1.807) is 14.0 Å². The van der Waals surface area contributed by atoms with Crippen LogP contribution in [0.15, 0.2) is 42.5 Å². The molecular weight excluding hydrogens is 248 g/mol. The van der Waals surface area contributed by atoms with Gasteiger partial charge in [-0.15, -0.1) is 0 Å². The number of hydrogen-bond acceptors (Lipinski definition) is 2. The maximum Gasteiger partial charge on any atom is 0.159 e. The van der Waals surface area contributed by atoms with Crippen LogP contribution in [0.3, 0.4) is 0 Å². The van der Waals surface area contributed by atoms with E-state index in [0.717, 1.165) is 28.0 Å². The number of rotatable bonds is 4. The van der Waals surface area contributed by atoms with E-state index in [1.165, 1.54) is 0 Å². The van der Waals surface area contributed by atoms with Gasteiger partial charge < -0.3 is 4.74 Å². The summed E-state index contributed by atoms with van der Waals surface area (Å²) in [5, 5.41) is 0. The molecule has 2 rings (SSSR count). The van der Waals surface area contributed by atoms with Gasteiger partial charge in [-0.2, -0.15) is 0 Å². The molecule has 0 saturated carbocycles. The number of carbonyl (C=O) groups excluding carboxylic acids is 1. The SMILES string of the molecule is COc1ccc(/C=C/c2cccc(C(C)=O)c2)c(C)c1. The second kappa shape index (κ2) is 6.20. The van der Waals surface area contributed by atoms with E-state index in [4.69, 9.17) is 4.74 Å². The molecule has 0 aliphatic carbocycles. The summed E-state index contributed by atoms with van der Waals surface area (Å²) in [5.41, 5.74) is 4.05. The molecule has 0 bridgehead atoms. The maximum absolute atomic E-state index is 11.4. The highest BCUT2D eigenvalue weighted by Gasteiger charge is 1.99. The predicted octanol–water partition coefficient (Wildman–Crippen LogP) is 4.38. The Morgan fingerprint density at radius 3 is 2.55 bits per heavy atom. The zero-order valence-electron chi connectivity index (χ0n) is 12.0. The summed E-state index contributed by atoms with van der Waals surface area (Å²) in [4.78, 5) is 11.4. The molecule has 0 fully saturated rings. The first-order valence-corrected chi connectivity index (χ1v) is 6.54. The van der Waals surface area contributed by atoms with Gasteiger partial charge in [0.2, 0.25) is 0 Å². The zero-order valence-corrected chi connectivity index (χ0v) is 12.0. The van der Waals surface area contributed by atoms with E-state index >= 15 is 0 Å². The Kier molecular flexibility index (Phi) is 4.36. The van der Waals surface area contributed by atoms with Crippen LogP contribution in [0.5, 0.6) is 5.75 Å². The fourth-order valence-electron chi connectivity index (χ4n) is 2.01. The minimum atomic E-state index is 0.0841. The average Bonchev–Trinajstić information content (AvgIpc) is 2.46. The topological polar surface area (TPSA) is 26.3 Å². The van der Waals surface area contributed by atoms with Crippen molar-refractivity contribution >= 4 is 17.9 Å². The highest BCUT2D eigenvalue weighted by Crippen LogP contribution is 2.19. The van der Waals surface area contributed by atoms with Crippen LogP contribution in [0.1, 0.15) is 34.0 Å². The van der Waals surface area contributed by atoms with Gasteiger partial charge in [0.1, 0.15) is 5.75 Å². The van der Waals surface area contributed by atoms with E-state index in [1.807, 2.05) is 61.5 Å². The normalized spacial score (nSPS) is 10.8. The van der Waals surface area contributed by atoms with E-state index in [-0.39, 0.29) is 5.78 Å². The lowest BCUT2D eigenvalue weighted by molar-refractivity contribution is 0.101. The van der Waals surface area contributed by atoms with Crippen LogP contribution in [0.4, 0.5) is 0 Å². The largest absolute Gasteiger partial charge is 0.497 e. The van der Waals surface area contributed by atoms with Crippen LogP contribution in [0, 0.1) is 6.92 Å². The summed E-state index contributed by atoms with van der Waals surface area (Å²) < 4.78 is 5.19. The summed E-state index contributed by atoms with van der Waals surface area (Å²) in [6.07, 6.45) is 4.06. The summed E-state index contributed by atoms with van der Waals surface area (Å²) in [6.45, 7) is 3.63. The number of methoxy groups -OCH3 is 1. The molecule has 0 atom stereocenters. The lowest BCUT2D eigenvalue weighted by atomic mass is 10.0. The molecule has 0 heterocycles. The second-order valence-electron chi connectivity index (χ2n) is 4.74. The Labute approximate surface area is 119 Å². The van der Waals surface area contributed by atoms with E-state index in [2.05, 4.69) is 0 Å². The van der Waals surface area contributed by atoms with Gasteiger partial charge in [-0.05, 0) is 48.7 Å². The van der Waals surface area contributed by atoms with Crippen LogP contribution in [0.25, 0.3) is 12.2 Å². The number of Topliss-reactive ketones (excluding diaryl/α,β-unsaturated/α-hetero) is 1. The van der Waals surface area contributed by atoms with Crippen molar-refractivity contribution in [3.05, 3.63) is 64.7 Å². The van der Waals surface area contributed by atoms with E-state index in [0.29, 0.717) is 0 Å². The van der Waals surface area contributed by atoms with Crippen molar-refractivity contribution in [2.45, 2.75) is 13.8 Å². The van der Waals surface area contributed by atoms with Crippen molar-refractivity contribution in [2.75, 3.05) is 7.11 Å². The first-order valence-electron chi connectivity index (χ1n) is 6.54. The highest BCUT2D eigenvalue weighted by molar-refractivity contribution is 5.94. The Hall–Kier alpha value is -2.35. The van der Waals surface area contributed by atoms with Gasteiger partial charge in [0.15, 0.2) is 5.78 Å². The molecule has 0 amide bonds. The smallest absolute Gasteiger partial charge is 0.159 e. The molecule has 0 N–H and O–H groups in total. The van der Waals surface area contributed by atoms with Gasteiger partial charge in [0.25, 0.3) is 0 Å². The molecule has 2 heteroatoms. The van der Waals surface area contributed by atoms with Crippen LogP contribution in [0.2, 0.25) is 0 Å². The lowest BCUT2D eigenvalue weighted by Crippen LogP contribution is -1.91. The van der Waals surface area contributed by atoms with Crippen molar-refractivity contribution in [3.63, 3.8) is 0 Å². The van der Waals surface area contributed by atoms with Crippen LogP contribution >= 0.6 is 0 Å². The fraction of sp³-hybridized carbons (Fsp3) is 0.167. The molecule has 0 radical (unpaired) electrons. The van der Waals surface area contributed by atoms with Gasteiger partial charge >= 0.3 is 0 Å². The van der Waals surface area contributed by atoms with Gasteiger partial charge in [0.05, 0.1) is 7.11 Å². The number of carbonyl (C=O) groups is 1. The Morgan fingerprint density at radius 2 is 1.90 bits per heavy atom. The molecule has 0 aromatic heterocycles. The zero-order chi connectivity index (χ0) is 14.5. The standard InChI is InChI=1S/C18H18O2/c1-13-11-18(20-3)10-9-16(13)8-7-15-5-4-6-17(12-15)14(2)19/h4-12H,1-3H3/b8-7+. The third-order valence-corrected chi connectivity index (χ3v) is 3.23. The van der Waals surface area contributed by atoms with Gasteiger partial charge in [-0.3, -0.25) is 4.79 Å². The molecule has 102 valence electrons. The molecule has 0 spiro atoms. The number of hydrogen-bond donors (Lipinski definition) is 0. The first-order chi connectivity index (χ1) is 9.60. The van der Waals surface area contributed by atoms with Gasteiger partial charge in [-0.1, -0.05) is 36.4 Å². The highest BCUT2D eigenvalue weighted by atomic mass is 16.5. The monoisotopic (exact) mass is 266 g/mol. The van der Waals surface area contributed by atoms with Gasteiger partial charge in [-0.25, -0.2) is 0 Å². The van der Waals surface area contributed by atoms with Crippen molar-refractivity contribution in [2.24, 2.45) is 0 Å². The lowest BCUT2D eigenvalue weighted by Gasteiger charge is -2.04. The summed E-state index contributed by atoms with van der Waals surface area (Å²) in [7, 11) is 1.66. The van der Waals surface area contributed by atoms with Crippen molar-refractivity contribution in [1.29, 1.82) is 0 Å². The third kappa shape index (κ3) is 3.35. The molecular formula is C18H18O2. The number of benzene rings is 2. The second-order valence-corrected chi connectivity index (χ2v) is 4.74. The Balaban J connectivity index is 2.25. The van der Waals surface area contributed by atoms with Crippen LogP contribution in [-0.2, 0) is 0 Å². The first kappa shape index (κ1) is 14.1. The van der Waals surface area contributed by atoms with Gasteiger partial charge in [0, 0.05) is 5.56 Å². The molecule has 0 aliphatic rings. The minimum Gasteiger partial charge on any atom is -0.497 e. The average molecular weight is 266 g/mol. The number of aryl methyl sites for hydroxylation is 1. The molecule has 0 saturated heterocycles. The van der Waals surface area contributed by atoms with Crippen molar-refractivity contribution in [3.8, 4) is 5.75 Å². The van der Waals surface area contributed by atoms with Crippen molar-refractivity contribution in [1.82, 2.24) is 0 Å². The van der Waals surface area contributed by atoms with Crippen LogP contribution in [-0.4, -0.2) is 12.9 Å². The van der Waals surface area contributed by atoms with Crippen LogP contribution < -0.4 is 4.74 Å². The minimum absolute atomic E-state index is 0.0841. The molecule has 0 unspecified atom stereocenters. The molecule has 0 aliphatic heterocycles. The fourth-order valence-corrected chi connectivity index (χ4v) is 2.01. The summed E-state index contributed by atoms with van der Waals surface area (Å²) in [6, 6.07) is 13.6. The molecule has 20 heavy (non-hydrogen) atoms. The van der Waals surface area contributed by atoms with E-state index < -0.39 is 0 Å². The predicted molar refractivity (Wildman–Crippen MR) is 83.1 cm³/mol. The van der Waals surface area contributed by atoms with Crippen molar-refractivity contribution < 1.29 is 9.53 Å². The summed E-state index contributed by atoms with van der Waals surface area (Å²) >= 11 is 0. The quantitative estimate of drug-likeness (QED) is 0.606. The number of ether oxygens (including phenoxy) is 1. The molecule has 2 aromatic carbocycles. The summed E-state index contributed by atoms with van der Waals surface area (Å²) in [5.74, 6) is 0.944. The Morgan fingerprint density at radius 1 is 1.10 bits per heavy atom. The molecule has 2 nitrogen and oxygen atoms in total. The number of ketones is 1. The third-order valence-electron chi connectivity index (χ3n) is 3.23. The maximum atomic E-state index is 11.4. The molecule has 2 aromatic rings. The Bertz CT molecular complexity index is 654. The van der Waals surface area contributed by atoms with E-state index in [9.17, 15) is 4.79 Å².